The van der Waals surface area contributed by atoms with E-state index in [1.165, 1.54) is 6.42 Å². The largest absolute Gasteiger partial charge is 0.395 e. The Bertz CT molecular complexity index is 587. The number of aliphatic hydroxyl groups is 1. The lowest BCUT2D eigenvalue weighted by Gasteiger charge is -2.37. The number of hydrogen-bond donors (Lipinski definition) is 2. The number of aliphatic hydroxyl groups excluding tert-OH is 1. The molecule has 0 unspecified atom stereocenters. The third kappa shape index (κ3) is 2.12. The molecule has 0 aliphatic heterocycles. The highest BCUT2D eigenvalue weighted by molar-refractivity contribution is 6.06. The van der Waals surface area contributed by atoms with E-state index >= 15 is 0 Å². The lowest BCUT2D eigenvalue weighted by Crippen LogP contribution is -2.45. The Labute approximate surface area is 112 Å². The number of aromatic nitrogens is 1. The van der Waals surface area contributed by atoms with E-state index in [2.05, 4.69) is 4.98 Å². The van der Waals surface area contributed by atoms with E-state index in [4.69, 9.17) is 0 Å². The van der Waals surface area contributed by atoms with Crippen molar-refractivity contribution in [2.75, 3.05) is 13.2 Å². The molecule has 19 heavy (non-hydrogen) atoms. The number of benzene rings is 1. The summed E-state index contributed by atoms with van der Waals surface area (Å²) in [5.74, 6) is 0.0314. The molecule has 2 aromatic rings. The van der Waals surface area contributed by atoms with Crippen molar-refractivity contribution >= 4 is 16.8 Å². The van der Waals surface area contributed by atoms with E-state index in [1.54, 1.807) is 0 Å². The molecule has 1 saturated carbocycles. The maximum absolute atomic E-state index is 12.7. The first-order chi connectivity index (χ1) is 9.31. The minimum Gasteiger partial charge on any atom is -0.395 e. The Morgan fingerprint density at radius 1 is 1.37 bits per heavy atom. The summed E-state index contributed by atoms with van der Waals surface area (Å²) in [4.78, 5) is 17.6. The molecular formula is C15H18N2O2. The average molecular weight is 258 g/mol. The van der Waals surface area contributed by atoms with Crippen molar-refractivity contribution in [2.24, 2.45) is 0 Å². The molecule has 1 aromatic carbocycles. The van der Waals surface area contributed by atoms with E-state index in [-0.39, 0.29) is 12.5 Å². The fourth-order valence-corrected chi connectivity index (χ4v) is 2.68. The summed E-state index contributed by atoms with van der Waals surface area (Å²) in [6.07, 6.45) is 5.12. The Morgan fingerprint density at radius 3 is 2.89 bits per heavy atom. The summed E-state index contributed by atoms with van der Waals surface area (Å²) in [7, 11) is 0. The smallest absolute Gasteiger partial charge is 0.254 e. The molecular weight excluding hydrogens is 240 g/mol. The Morgan fingerprint density at radius 2 is 2.21 bits per heavy atom. The first-order valence-corrected chi connectivity index (χ1v) is 6.79. The highest BCUT2D eigenvalue weighted by Gasteiger charge is 2.29. The topological polar surface area (TPSA) is 56.3 Å². The van der Waals surface area contributed by atoms with Crippen LogP contribution in [0.1, 0.15) is 29.6 Å². The van der Waals surface area contributed by atoms with Crippen LogP contribution in [0.4, 0.5) is 0 Å². The summed E-state index contributed by atoms with van der Waals surface area (Å²) in [6, 6.07) is 7.95. The number of carbonyl (C=O) groups excluding carboxylic acids is 1. The van der Waals surface area contributed by atoms with Crippen LogP contribution in [-0.2, 0) is 0 Å². The van der Waals surface area contributed by atoms with Gasteiger partial charge in [-0.3, -0.25) is 4.79 Å². The number of nitrogens with zero attached hydrogens (tertiary/aromatic N) is 1. The predicted octanol–water partition coefficient (Wildman–Crippen LogP) is 2.15. The quantitative estimate of drug-likeness (QED) is 0.883. The van der Waals surface area contributed by atoms with E-state index in [0.717, 1.165) is 29.3 Å². The summed E-state index contributed by atoms with van der Waals surface area (Å²) < 4.78 is 0. The van der Waals surface area contributed by atoms with Crippen molar-refractivity contribution in [1.82, 2.24) is 9.88 Å². The molecule has 0 bridgehead atoms. The van der Waals surface area contributed by atoms with Crippen molar-refractivity contribution in [3.63, 3.8) is 0 Å². The Kier molecular flexibility index (Phi) is 3.25. The van der Waals surface area contributed by atoms with Gasteiger partial charge in [-0.25, -0.2) is 0 Å². The maximum Gasteiger partial charge on any atom is 0.254 e. The normalized spacial score (nSPS) is 15.4. The molecule has 2 N–H and O–H groups in total. The Balaban J connectivity index is 1.94. The number of amides is 1. The van der Waals surface area contributed by atoms with Crippen molar-refractivity contribution < 1.29 is 9.90 Å². The van der Waals surface area contributed by atoms with Crippen molar-refractivity contribution in [3.8, 4) is 0 Å². The van der Waals surface area contributed by atoms with Crippen LogP contribution in [0.5, 0.6) is 0 Å². The molecule has 1 aliphatic carbocycles. The highest BCUT2D eigenvalue weighted by Crippen LogP contribution is 2.27. The zero-order valence-corrected chi connectivity index (χ0v) is 10.8. The van der Waals surface area contributed by atoms with Gasteiger partial charge in [-0.15, -0.1) is 0 Å². The molecule has 4 nitrogen and oxygen atoms in total. The molecule has 0 saturated heterocycles. The van der Waals surface area contributed by atoms with Gasteiger partial charge in [0.2, 0.25) is 0 Å². The number of aromatic amines is 1. The molecule has 1 amide bonds. The second-order valence-electron chi connectivity index (χ2n) is 5.05. The van der Waals surface area contributed by atoms with Crippen molar-refractivity contribution in [2.45, 2.75) is 25.3 Å². The van der Waals surface area contributed by atoms with Gasteiger partial charge in [-0.1, -0.05) is 6.07 Å². The number of carbonyl (C=O) groups is 1. The molecule has 100 valence electrons. The lowest BCUT2D eigenvalue weighted by molar-refractivity contribution is 0.0528. The zero-order valence-electron chi connectivity index (χ0n) is 10.8. The lowest BCUT2D eigenvalue weighted by atomic mass is 9.90. The van der Waals surface area contributed by atoms with Crippen LogP contribution in [0.15, 0.2) is 30.5 Å². The standard InChI is InChI=1S/C15H18N2O2/c18-10-9-17(11-3-1-4-11)15(19)13-5-2-6-14-12(13)7-8-16-14/h2,5-8,11,16,18H,1,3-4,9-10H2. The monoisotopic (exact) mass is 258 g/mol. The predicted molar refractivity (Wildman–Crippen MR) is 74.1 cm³/mol. The molecule has 0 atom stereocenters. The van der Waals surface area contributed by atoms with Crippen molar-refractivity contribution in [3.05, 3.63) is 36.0 Å². The minimum absolute atomic E-state index is 0.0192. The second-order valence-corrected chi connectivity index (χ2v) is 5.05. The second kappa shape index (κ2) is 5.05. The molecule has 1 heterocycles. The van der Waals surface area contributed by atoms with Crippen LogP contribution in [0, 0.1) is 0 Å². The first-order valence-electron chi connectivity index (χ1n) is 6.79. The number of hydrogen-bond acceptors (Lipinski definition) is 2. The van der Waals surface area contributed by atoms with Crippen LogP contribution in [0.3, 0.4) is 0 Å². The molecule has 4 heteroatoms. The SMILES string of the molecule is O=C(c1cccc2[nH]ccc12)N(CCO)C1CCC1. The summed E-state index contributed by atoms with van der Waals surface area (Å²) in [5.41, 5.74) is 1.70. The summed E-state index contributed by atoms with van der Waals surface area (Å²) in [6.45, 7) is 0.440. The van der Waals surface area contributed by atoms with Crippen LogP contribution in [0.2, 0.25) is 0 Å². The van der Waals surface area contributed by atoms with Gasteiger partial charge in [0.15, 0.2) is 0 Å². The van der Waals surface area contributed by atoms with E-state index in [1.807, 2.05) is 35.4 Å². The van der Waals surface area contributed by atoms with Crippen molar-refractivity contribution in [1.29, 1.82) is 0 Å². The molecule has 1 aromatic heterocycles. The summed E-state index contributed by atoms with van der Waals surface area (Å²) in [5, 5.41) is 10.1. The van der Waals surface area contributed by atoms with Gasteiger partial charge in [0.25, 0.3) is 5.91 Å². The third-order valence-corrected chi connectivity index (χ3v) is 3.94. The first kappa shape index (κ1) is 12.2. The minimum atomic E-state index is 0.0192. The van der Waals surface area contributed by atoms with Gasteiger partial charge in [-0.2, -0.15) is 0 Å². The maximum atomic E-state index is 12.7. The van der Waals surface area contributed by atoms with Gasteiger partial charge >= 0.3 is 0 Å². The third-order valence-electron chi connectivity index (χ3n) is 3.94. The van der Waals surface area contributed by atoms with Crippen LogP contribution >= 0.6 is 0 Å². The fourth-order valence-electron chi connectivity index (χ4n) is 2.68. The highest BCUT2D eigenvalue weighted by atomic mass is 16.3. The molecule has 1 aliphatic rings. The zero-order chi connectivity index (χ0) is 13.2. The van der Waals surface area contributed by atoms with Gasteiger partial charge in [0, 0.05) is 35.2 Å². The average Bonchev–Trinajstić information content (AvgIpc) is 2.83. The van der Waals surface area contributed by atoms with Crippen LogP contribution in [0.25, 0.3) is 10.9 Å². The van der Waals surface area contributed by atoms with Gasteiger partial charge in [0.05, 0.1) is 6.61 Å². The van der Waals surface area contributed by atoms with Gasteiger partial charge in [0.1, 0.15) is 0 Å². The van der Waals surface area contributed by atoms with Gasteiger partial charge in [-0.05, 0) is 37.5 Å². The van der Waals surface area contributed by atoms with E-state index in [0.29, 0.717) is 12.6 Å². The Hall–Kier alpha value is -1.81. The molecule has 1 fully saturated rings. The molecule has 0 radical (unpaired) electrons. The number of nitrogens with one attached hydrogen (secondary N) is 1. The molecule has 0 spiro atoms. The van der Waals surface area contributed by atoms with E-state index < -0.39 is 0 Å². The van der Waals surface area contributed by atoms with Crippen LogP contribution in [-0.4, -0.2) is 40.1 Å². The number of fused-ring (bicyclic) bond motifs is 1. The summed E-state index contributed by atoms with van der Waals surface area (Å²) >= 11 is 0. The van der Waals surface area contributed by atoms with Gasteiger partial charge < -0.3 is 15.0 Å². The molecule has 3 rings (SSSR count). The fraction of sp³-hybridized carbons (Fsp3) is 0.400. The number of H-pyrrole nitrogens is 1. The number of rotatable bonds is 4. The van der Waals surface area contributed by atoms with E-state index in [9.17, 15) is 9.90 Å². The van der Waals surface area contributed by atoms with Crippen LogP contribution < -0.4 is 0 Å².